The third-order valence-corrected chi connectivity index (χ3v) is 4.55. The van der Waals surface area contributed by atoms with Crippen LogP contribution in [0.1, 0.15) is 5.56 Å². The van der Waals surface area contributed by atoms with Crippen LogP contribution in [0.25, 0.3) is 0 Å². The second-order valence-corrected chi connectivity index (χ2v) is 7.63. The Bertz CT molecular complexity index is 1270. The zero-order chi connectivity index (χ0) is 28.1. The number of anilines is 4. The van der Waals surface area contributed by atoms with Crippen LogP contribution in [-0.4, -0.2) is 58.6 Å². The summed E-state index contributed by atoms with van der Waals surface area (Å²) in [4.78, 5) is 22.7. The molecule has 0 spiro atoms. The molecule has 2 aromatic carbocycles. The average molecular weight is 544 g/mol. The molecule has 1 aromatic heterocycles. The smallest absolute Gasteiger partial charge is 0.434 e. The lowest BCUT2D eigenvalue weighted by Crippen LogP contribution is -2.46. The van der Waals surface area contributed by atoms with Crippen molar-refractivity contribution in [2.24, 2.45) is 5.10 Å². The van der Waals surface area contributed by atoms with Crippen LogP contribution in [0.5, 0.6) is 6.01 Å². The molecule has 3 rings (SSSR count). The number of rotatable bonds is 9. The van der Waals surface area contributed by atoms with Crippen molar-refractivity contribution in [3.8, 4) is 6.01 Å². The minimum Gasteiger partial charge on any atom is -0.440 e. The summed E-state index contributed by atoms with van der Waals surface area (Å²) in [7, 11) is 3.69. The largest absolute Gasteiger partial charge is 0.440 e. The van der Waals surface area contributed by atoms with Crippen LogP contribution in [0, 0.1) is 10.1 Å². The van der Waals surface area contributed by atoms with Gasteiger partial charge in [-0.15, -0.1) is 0 Å². The maximum absolute atomic E-state index is 13.0. The molecule has 17 heteroatoms. The van der Waals surface area contributed by atoms with Gasteiger partial charge in [0.1, 0.15) is 0 Å². The Morgan fingerprint density at radius 2 is 1.53 bits per heavy atom. The molecule has 2 N–H and O–H groups in total. The van der Waals surface area contributed by atoms with E-state index < -0.39 is 41.3 Å². The molecule has 0 bridgehead atoms. The van der Waals surface area contributed by atoms with E-state index in [-0.39, 0.29) is 11.4 Å². The maximum Gasteiger partial charge on any atom is 0.434 e. The van der Waals surface area contributed by atoms with Gasteiger partial charge in [0.15, 0.2) is 0 Å². The van der Waals surface area contributed by atoms with Crippen molar-refractivity contribution in [1.82, 2.24) is 15.0 Å². The molecule has 38 heavy (non-hydrogen) atoms. The first-order chi connectivity index (χ1) is 17.7. The number of non-ortho nitro benzene ring substituents is 1. The van der Waals surface area contributed by atoms with Gasteiger partial charge in [-0.05, 0) is 29.8 Å². The molecular weight excluding hydrogens is 526 g/mol. The van der Waals surface area contributed by atoms with Crippen LogP contribution >= 0.6 is 0 Å². The van der Waals surface area contributed by atoms with Crippen LogP contribution in [-0.2, 0) is 0 Å². The van der Waals surface area contributed by atoms with E-state index in [4.69, 9.17) is 0 Å². The molecule has 0 aliphatic heterocycles. The molecule has 11 nitrogen and oxygen atoms in total. The average Bonchev–Trinajstić information content (AvgIpc) is 2.82. The van der Waals surface area contributed by atoms with E-state index in [1.165, 1.54) is 18.3 Å². The second kappa shape index (κ2) is 11.1. The first-order valence-corrected chi connectivity index (χ1v) is 10.4. The quantitative estimate of drug-likeness (QED) is 0.167. The van der Waals surface area contributed by atoms with E-state index in [9.17, 15) is 36.5 Å². The van der Waals surface area contributed by atoms with Crippen molar-refractivity contribution < 1.29 is 36.0 Å². The first-order valence-electron chi connectivity index (χ1n) is 10.4. The number of hydrogen-bond acceptors (Lipinski definition) is 10. The van der Waals surface area contributed by atoms with E-state index in [1.54, 1.807) is 24.3 Å². The highest BCUT2D eigenvalue weighted by Gasteiger charge is 2.59. The predicted molar refractivity (Wildman–Crippen MR) is 125 cm³/mol. The fraction of sp³-hybridized carbons (Fsp3) is 0.238. The second-order valence-electron chi connectivity index (χ2n) is 7.63. The lowest BCUT2D eigenvalue weighted by molar-refractivity contribution is -0.384. The summed E-state index contributed by atoms with van der Waals surface area (Å²) in [6.45, 7) is 0. The normalized spacial score (nSPS) is 12.0. The van der Waals surface area contributed by atoms with Crippen LogP contribution in [0.15, 0.2) is 53.6 Å². The number of nitrogens with one attached hydrogen (secondary N) is 2. The molecule has 0 fully saturated rings. The SMILES string of the molecule is CN(C)c1ccc(/C=N/Nc2nc(Nc3ccc([N+](=O)[O-])cc3)nc(OC(C(F)(F)F)C(F)(F)F)n2)cc1. The number of nitro groups is 1. The van der Waals surface area contributed by atoms with Gasteiger partial charge < -0.3 is 15.0 Å². The number of aromatic nitrogens is 3. The third kappa shape index (κ3) is 7.65. The Morgan fingerprint density at radius 3 is 2.05 bits per heavy atom. The van der Waals surface area contributed by atoms with Gasteiger partial charge in [0.2, 0.25) is 5.95 Å². The topological polar surface area (TPSA) is 131 Å². The number of nitrogens with zero attached hydrogens (tertiary/aromatic N) is 6. The number of nitro benzene ring substituents is 1. The zero-order valence-electron chi connectivity index (χ0n) is 19.4. The van der Waals surface area contributed by atoms with Crippen molar-refractivity contribution in [3.63, 3.8) is 0 Å². The lowest BCUT2D eigenvalue weighted by Gasteiger charge is -2.22. The molecule has 0 saturated carbocycles. The summed E-state index contributed by atoms with van der Waals surface area (Å²) in [6.07, 6.45) is -14.5. The summed E-state index contributed by atoms with van der Waals surface area (Å²) < 4.78 is 82.0. The lowest BCUT2D eigenvalue weighted by atomic mass is 10.2. The van der Waals surface area contributed by atoms with E-state index in [2.05, 4.69) is 35.5 Å². The minimum absolute atomic E-state index is 0.131. The van der Waals surface area contributed by atoms with Gasteiger partial charge in [-0.1, -0.05) is 12.1 Å². The van der Waals surface area contributed by atoms with Crippen molar-refractivity contribution in [3.05, 3.63) is 64.2 Å². The van der Waals surface area contributed by atoms with Gasteiger partial charge >= 0.3 is 18.4 Å². The van der Waals surface area contributed by atoms with Crippen molar-refractivity contribution >= 4 is 35.2 Å². The van der Waals surface area contributed by atoms with Crippen LogP contribution in [0.4, 0.5) is 55.3 Å². The molecule has 0 saturated heterocycles. The van der Waals surface area contributed by atoms with E-state index in [0.717, 1.165) is 17.8 Å². The van der Waals surface area contributed by atoms with Gasteiger partial charge in [-0.25, -0.2) is 5.43 Å². The Labute approximate surface area is 210 Å². The third-order valence-electron chi connectivity index (χ3n) is 4.55. The first kappa shape index (κ1) is 27.9. The Hall–Kier alpha value is -4.70. The number of ether oxygens (including phenoxy) is 1. The summed E-state index contributed by atoms with van der Waals surface area (Å²) in [5, 5.41) is 17.1. The maximum atomic E-state index is 13.0. The van der Waals surface area contributed by atoms with Crippen molar-refractivity contribution in [2.45, 2.75) is 18.5 Å². The van der Waals surface area contributed by atoms with Crippen molar-refractivity contribution in [1.29, 1.82) is 0 Å². The highest BCUT2D eigenvalue weighted by atomic mass is 19.4. The molecule has 0 radical (unpaired) electrons. The van der Waals surface area contributed by atoms with Crippen LogP contribution in [0.2, 0.25) is 0 Å². The number of halogens is 6. The Kier molecular flexibility index (Phi) is 8.17. The zero-order valence-corrected chi connectivity index (χ0v) is 19.4. The molecule has 0 atom stereocenters. The summed E-state index contributed by atoms with van der Waals surface area (Å²) >= 11 is 0. The van der Waals surface area contributed by atoms with Gasteiger partial charge in [0, 0.05) is 37.6 Å². The molecule has 0 aliphatic carbocycles. The van der Waals surface area contributed by atoms with Gasteiger partial charge in [0.25, 0.3) is 17.7 Å². The predicted octanol–water partition coefficient (Wildman–Crippen LogP) is 4.91. The molecule has 0 aliphatic rings. The van der Waals surface area contributed by atoms with Crippen LogP contribution in [0.3, 0.4) is 0 Å². The van der Waals surface area contributed by atoms with Gasteiger partial charge in [-0.2, -0.15) is 46.4 Å². The Balaban J connectivity index is 1.89. The van der Waals surface area contributed by atoms with E-state index in [0.29, 0.717) is 5.56 Å². The summed E-state index contributed by atoms with van der Waals surface area (Å²) in [6, 6.07) is 10.3. The van der Waals surface area contributed by atoms with E-state index in [1.807, 2.05) is 19.0 Å². The highest BCUT2D eigenvalue weighted by molar-refractivity contribution is 5.80. The molecule has 0 unspecified atom stereocenters. The molecule has 202 valence electrons. The summed E-state index contributed by atoms with van der Waals surface area (Å²) in [5.74, 6) is -1.08. The Morgan fingerprint density at radius 1 is 0.947 bits per heavy atom. The van der Waals surface area contributed by atoms with Crippen LogP contribution < -0.4 is 20.4 Å². The van der Waals surface area contributed by atoms with Gasteiger partial charge in [-0.3, -0.25) is 10.1 Å². The number of benzene rings is 2. The van der Waals surface area contributed by atoms with E-state index >= 15 is 0 Å². The molecule has 3 aromatic rings. The molecule has 1 heterocycles. The fourth-order valence-corrected chi connectivity index (χ4v) is 2.76. The molecular formula is C21H18F6N8O3. The number of hydrazone groups is 1. The summed E-state index contributed by atoms with van der Waals surface area (Å²) in [5.41, 5.74) is 3.67. The van der Waals surface area contributed by atoms with Crippen molar-refractivity contribution in [2.75, 3.05) is 29.7 Å². The fourth-order valence-electron chi connectivity index (χ4n) is 2.76. The minimum atomic E-state index is -5.82. The molecule has 0 amide bonds. The monoisotopic (exact) mass is 544 g/mol. The number of hydrogen-bond donors (Lipinski definition) is 2. The highest BCUT2D eigenvalue weighted by Crippen LogP contribution is 2.36. The number of alkyl halides is 6. The standard InChI is InChI=1S/C21H18F6N8O3/c1-34(2)14-7-3-12(4-8-14)11-28-33-18-30-17(29-13-5-9-15(10-6-13)35(36)37)31-19(32-18)38-16(20(22,23)24)21(25,26)27/h3-11,16H,1-2H3,(H2,29,30,31,32,33)/b28-11+. The van der Waals surface area contributed by atoms with Gasteiger partial charge in [0.05, 0.1) is 11.1 Å².